The highest BCUT2D eigenvalue weighted by atomic mass is 16.5. The summed E-state index contributed by atoms with van der Waals surface area (Å²) in [5, 5.41) is 19.4. The molecular formula is C16H21NO5. The van der Waals surface area contributed by atoms with E-state index in [-0.39, 0.29) is 29.7 Å². The zero-order chi connectivity index (χ0) is 16.5. The Hall–Kier alpha value is -2.24. The molecule has 1 amide bonds. The van der Waals surface area contributed by atoms with Gasteiger partial charge in [-0.3, -0.25) is 9.59 Å². The summed E-state index contributed by atoms with van der Waals surface area (Å²) in [6, 6.07) is 4.43. The van der Waals surface area contributed by atoms with Crippen molar-refractivity contribution in [3.05, 3.63) is 23.8 Å². The third-order valence-corrected chi connectivity index (χ3v) is 4.55. The highest BCUT2D eigenvalue weighted by Crippen LogP contribution is 2.39. The molecule has 0 radical (unpaired) electrons. The number of benzene rings is 1. The fourth-order valence-electron chi connectivity index (χ4n) is 2.88. The van der Waals surface area contributed by atoms with Crippen molar-refractivity contribution < 1.29 is 24.5 Å². The molecule has 120 valence electrons. The highest BCUT2D eigenvalue weighted by molar-refractivity contribution is 5.98. The van der Waals surface area contributed by atoms with Gasteiger partial charge in [0.25, 0.3) is 5.91 Å². The lowest BCUT2D eigenvalue weighted by Crippen LogP contribution is -2.40. The minimum absolute atomic E-state index is 0.0818. The number of carboxylic acids is 1. The first-order valence-electron chi connectivity index (χ1n) is 7.21. The van der Waals surface area contributed by atoms with Crippen LogP contribution in [0.15, 0.2) is 18.2 Å². The number of methoxy groups -OCH3 is 1. The Morgan fingerprint density at radius 2 is 2.05 bits per heavy atom. The van der Waals surface area contributed by atoms with E-state index in [9.17, 15) is 19.8 Å². The van der Waals surface area contributed by atoms with Crippen LogP contribution in [-0.2, 0) is 4.79 Å². The lowest BCUT2D eigenvalue weighted by Gasteiger charge is -2.28. The van der Waals surface area contributed by atoms with Gasteiger partial charge in [-0.2, -0.15) is 0 Å². The zero-order valence-corrected chi connectivity index (χ0v) is 13.0. The van der Waals surface area contributed by atoms with Crippen molar-refractivity contribution in [2.45, 2.75) is 20.3 Å². The van der Waals surface area contributed by atoms with Gasteiger partial charge in [0.2, 0.25) is 0 Å². The fraction of sp³-hybridized carbons (Fsp3) is 0.500. The molecule has 6 nitrogen and oxygen atoms in total. The quantitative estimate of drug-likeness (QED) is 0.888. The number of phenols is 1. The summed E-state index contributed by atoms with van der Waals surface area (Å²) in [4.78, 5) is 25.7. The van der Waals surface area contributed by atoms with E-state index >= 15 is 0 Å². The summed E-state index contributed by atoms with van der Waals surface area (Å²) in [7, 11) is 1.48. The maximum atomic E-state index is 12.6. The molecule has 0 bridgehead atoms. The van der Waals surface area contributed by atoms with Gasteiger partial charge in [-0.1, -0.05) is 13.8 Å². The van der Waals surface area contributed by atoms with E-state index in [0.29, 0.717) is 18.7 Å². The number of hydrogen-bond acceptors (Lipinski definition) is 4. The van der Waals surface area contributed by atoms with E-state index in [1.807, 2.05) is 13.8 Å². The first-order valence-corrected chi connectivity index (χ1v) is 7.21. The summed E-state index contributed by atoms with van der Waals surface area (Å²) in [6.07, 6.45) is 0.413. The number of carbonyl (C=O) groups excluding carboxylic acids is 1. The Balaban J connectivity index is 2.27. The molecule has 1 unspecified atom stereocenters. The third-order valence-electron chi connectivity index (χ3n) is 4.55. The topological polar surface area (TPSA) is 87.1 Å². The number of rotatable bonds is 4. The molecule has 1 saturated heterocycles. The number of aromatic hydroxyl groups is 1. The van der Waals surface area contributed by atoms with Gasteiger partial charge in [0.15, 0.2) is 0 Å². The van der Waals surface area contributed by atoms with Crippen molar-refractivity contribution in [1.29, 1.82) is 0 Å². The smallest absolute Gasteiger partial charge is 0.311 e. The molecular weight excluding hydrogens is 286 g/mol. The number of amides is 1. The van der Waals surface area contributed by atoms with E-state index in [2.05, 4.69) is 0 Å². The SMILES string of the molecule is COc1ccc(O)c(C(=O)N2CCC(C(=O)O)(C(C)C)C2)c1. The largest absolute Gasteiger partial charge is 0.507 e. The molecule has 1 atom stereocenters. The molecule has 0 saturated carbocycles. The average molecular weight is 307 g/mol. The summed E-state index contributed by atoms with van der Waals surface area (Å²) in [5.41, 5.74) is -0.797. The zero-order valence-electron chi connectivity index (χ0n) is 13.0. The van der Waals surface area contributed by atoms with Gasteiger partial charge < -0.3 is 19.8 Å². The van der Waals surface area contributed by atoms with Crippen LogP contribution in [-0.4, -0.2) is 47.2 Å². The number of hydrogen-bond donors (Lipinski definition) is 2. The Morgan fingerprint density at radius 1 is 1.36 bits per heavy atom. The van der Waals surface area contributed by atoms with Crippen LogP contribution in [0.3, 0.4) is 0 Å². The standard InChI is InChI=1S/C16H21NO5/c1-10(2)16(15(20)21)6-7-17(9-16)14(19)12-8-11(22-3)4-5-13(12)18/h4-5,8,10,18H,6-7,9H2,1-3H3,(H,20,21). The van der Waals surface area contributed by atoms with E-state index in [0.717, 1.165) is 0 Å². The van der Waals surface area contributed by atoms with Crippen LogP contribution in [0.1, 0.15) is 30.6 Å². The van der Waals surface area contributed by atoms with Crippen molar-refractivity contribution in [3.8, 4) is 11.5 Å². The van der Waals surface area contributed by atoms with Crippen molar-refractivity contribution in [3.63, 3.8) is 0 Å². The van der Waals surface area contributed by atoms with Crippen LogP contribution in [0.25, 0.3) is 0 Å². The van der Waals surface area contributed by atoms with Crippen LogP contribution in [0.4, 0.5) is 0 Å². The molecule has 1 aromatic rings. The maximum absolute atomic E-state index is 12.6. The first kappa shape index (κ1) is 16.1. The monoisotopic (exact) mass is 307 g/mol. The van der Waals surface area contributed by atoms with E-state index in [1.54, 1.807) is 6.07 Å². The predicted molar refractivity (Wildman–Crippen MR) is 80.1 cm³/mol. The van der Waals surface area contributed by atoms with E-state index < -0.39 is 11.4 Å². The number of carboxylic acid groups (broad SMARTS) is 1. The Bertz CT molecular complexity index is 598. The third kappa shape index (κ3) is 2.61. The Labute approximate surface area is 129 Å². The summed E-state index contributed by atoms with van der Waals surface area (Å²) >= 11 is 0. The molecule has 6 heteroatoms. The molecule has 1 heterocycles. The number of ether oxygens (including phenoxy) is 1. The Morgan fingerprint density at radius 3 is 2.55 bits per heavy atom. The second-order valence-corrected chi connectivity index (χ2v) is 5.98. The molecule has 0 spiro atoms. The minimum Gasteiger partial charge on any atom is -0.507 e. The lowest BCUT2D eigenvalue weighted by atomic mass is 9.76. The maximum Gasteiger partial charge on any atom is 0.311 e. The molecule has 1 aliphatic rings. The Kier molecular flexibility index (Phi) is 4.30. The highest BCUT2D eigenvalue weighted by Gasteiger charge is 2.48. The second-order valence-electron chi connectivity index (χ2n) is 5.98. The summed E-state index contributed by atoms with van der Waals surface area (Å²) in [6.45, 7) is 4.21. The van der Waals surface area contributed by atoms with Gasteiger partial charge in [-0.15, -0.1) is 0 Å². The fourth-order valence-corrected chi connectivity index (χ4v) is 2.88. The minimum atomic E-state index is -0.926. The molecule has 1 aromatic carbocycles. The first-order chi connectivity index (χ1) is 10.3. The van der Waals surface area contributed by atoms with Crippen molar-refractivity contribution in [2.24, 2.45) is 11.3 Å². The van der Waals surface area contributed by atoms with Crippen LogP contribution in [0.2, 0.25) is 0 Å². The predicted octanol–water partition coefficient (Wildman–Crippen LogP) is 1.97. The molecule has 0 aliphatic carbocycles. The molecule has 1 aliphatic heterocycles. The van der Waals surface area contributed by atoms with Crippen molar-refractivity contribution in [1.82, 2.24) is 4.90 Å². The van der Waals surface area contributed by atoms with Crippen LogP contribution < -0.4 is 4.74 Å². The van der Waals surface area contributed by atoms with Crippen LogP contribution in [0, 0.1) is 11.3 Å². The molecule has 2 rings (SSSR count). The van der Waals surface area contributed by atoms with Gasteiger partial charge in [0.1, 0.15) is 11.5 Å². The van der Waals surface area contributed by atoms with E-state index in [1.165, 1.54) is 24.1 Å². The molecule has 22 heavy (non-hydrogen) atoms. The van der Waals surface area contributed by atoms with Gasteiger partial charge in [0.05, 0.1) is 18.1 Å². The molecule has 2 N–H and O–H groups in total. The number of aliphatic carboxylic acids is 1. The van der Waals surface area contributed by atoms with Gasteiger partial charge in [-0.25, -0.2) is 0 Å². The normalized spacial score (nSPS) is 21.2. The average Bonchev–Trinajstić information content (AvgIpc) is 2.94. The van der Waals surface area contributed by atoms with Crippen molar-refractivity contribution in [2.75, 3.05) is 20.2 Å². The number of likely N-dealkylation sites (tertiary alicyclic amines) is 1. The van der Waals surface area contributed by atoms with Gasteiger partial charge >= 0.3 is 5.97 Å². The van der Waals surface area contributed by atoms with Crippen LogP contribution in [0.5, 0.6) is 11.5 Å². The molecule has 0 aromatic heterocycles. The molecule has 1 fully saturated rings. The number of phenolic OH excluding ortho intramolecular Hbond substituents is 1. The second kappa shape index (κ2) is 5.87. The number of carbonyl (C=O) groups is 2. The van der Waals surface area contributed by atoms with Gasteiger partial charge in [0, 0.05) is 13.1 Å². The van der Waals surface area contributed by atoms with E-state index in [4.69, 9.17) is 4.74 Å². The number of nitrogens with zero attached hydrogens (tertiary/aromatic N) is 1. The van der Waals surface area contributed by atoms with Crippen molar-refractivity contribution >= 4 is 11.9 Å². The summed E-state index contributed by atoms with van der Waals surface area (Å²) < 4.78 is 5.06. The van der Waals surface area contributed by atoms with Gasteiger partial charge in [-0.05, 0) is 30.5 Å². The summed E-state index contributed by atoms with van der Waals surface area (Å²) in [5.74, 6) is -1.01. The lowest BCUT2D eigenvalue weighted by molar-refractivity contribution is -0.150. The van der Waals surface area contributed by atoms with Crippen LogP contribution >= 0.6 is 0 Å².